The Kier molecular flexibility index (Phi) is 9.60. The van der Waals surface area contributed by atoms with E-state index in [1.165, 1.54) is 11.8 Å². The summed E-state index contributed by atoms with van der Waals surface area (Å²) in [6.07, 6.45) is 3.52. The molecule has 23 heavy (non-hydrogen) atoms. The van der Waals surface area contributed by atoms with Crippen molar-refractivity contribution in [3.8, 4) is 0 Å². The number of hydrogen-bond donors (Lipinski definition) is 2. The van der Waals surface area contributed by atoms with E-state index in [9.17, 15) is 14.4 Å². The van der Waals surface area contributed by atoms with Crippen LogP contribution in [0.5, 0.6) is 0 Å². The molecule has 1 fully saturated rings. The van der Waals surface area contributed by atoms with Gasteiger partial charge in [-0.3, -0.25) is 14.4 Å². The first kappa shape index (κ1) is 20.8. The molecule has 1 amide bonds. The zero-order chi connectivity index (χ0) is 17.4. The van der Waals surface area contributed by atoms with E-state index in [-0.39, 0.29) is 23.4 Å². The quantitative estimate of drug-likeness (QED) is 0.527. The van der Waals surface area contributed by atoms with Crippen LogP contribution in [0.15, 0.2) is 11.5 Å². The normalized spacial score (nSPS) is 22.2. The molecule has 0 aromatic rings. The summed E-state index contributed by atoms with van der Waals surface area (Å²) in [5.41, 5.74) is 0. The van der Waals surface area contributed by atoms with Gasteiger partial charge in [-0.25, -0.2) is 0 Å². The monoisotopic (exact) mass is 471 g/mol. The van der Waals surface area contributed by atoms with Crippen molar-refractivity contribution in [1.29, 1.82) is 0 Å². The molecule has 1 unspecified atom stereocenters. The van der Waals surface area contributed by atoms with Crippen molar-refractivity contribution in [3.05, 3.63) is 11.5 Å². The number of thioether (sulfide) groups is 1. The van der Waals surface area contributed by atoms with Gasteiger partial charge >= 0.3 is 5.97 Å². The molecule has 0 aliphatic heterocycles. The van der Waals surface area contributed by atoms with Crippen LogP contribution in [0.1, 0.15) is 39.0 Å². The van der Waals surface area contributed by atoms with Gasteiger partial charge in [-0.2, -0.15) is 0 Å². The summed E-state index contributed by atoms with van der Waals surface area (Å²) in [5.74, 6) is -0.727. The van der Waals surface area contributed by atoms with Gasteiger partial charge in [0.2, 0.25) is 5.91 Å². The first-order valence-corrected chi connectivity index (χ1v) is 11.7. The van der Waals surface area contributed by atoms with Gasteiger partial charge in [0, 0.05) is 18.9 Å². The molecule has 1 aliphatic rings. The van der Waals surface area contributed by atoms with Crippen LogP contribution >= 0.6 is 41.9 Å². The molecule has 2 N–H and O–H groups in total. The minimum Gasteiger partial charge on any atom is -0.480 e. The number of rotatable bonds is 8. The number of aliphatic carboxylic acids is 1. The molecule has 5 nitrogen and oxygen atoms in total. The van der Waals surface area contributed by atoms with Crippen LogP contribution in [0, 0.1) is 11.8 Å². The Morgan fingerprint density at radius 3 is 2.39 bits per heavy atom. The van der Waals surface area contributed by atoms with E-state index in [0.29, 0.717) is 12.5 Å². The number of carboxylic acid groups (broad SMARTS) is 1. The Hall–Kier alpha value is -0.220. The van der Waals surface area contributed by atoms with Crippen molar-refractivity contribution in [1.82, 2.24) is 5.32 Å². The second-order valence-corrected chi connectivity index (χ2v) is 9.34. The number of amides is 1. The maximum Gasteiger partial charge on any atom is 0.317 e. The van der Waals surface area contributed by atoms with E-state index in [1.807, 2.05) is 28.1 Å². The SMILES string of the molecule is C=C(C)SC(=O)C1CCC(CNC(=O)CC(SI)C(=O)O)CC1. The average Bonchev–Trinajstić information content (AvgIpc) is 2.50. The standard InChI is InChI=1S/C15H22INO4S2/c1-9(2)22-15(21)11-5-3-10(4-6-11)8-17-13(18)7-12(23-16)14(19)20/h10-12H,1,3-8H2,2H3,(H,17,18)(H,19,20). The molecule has 0 spiro atoms. The molecule has 0 bridgehead atoms. The second kappa shape index (κ2) is 10.6. The zero-order valence-corrected chi connectivity index (χ0v) is 16.8. The highest BCUT2D eigenvalue weighted by Crippen LogP contribution is 2.33. The van der Waals surface area contributed by atoms with Gasteiger partial charge in [-0.15, -0.1) is 0 Å². The average molecular weight is 471 g/mol. The van der Waals surface area contributed by atoms with Crippen molar-refractivity contribution < 1.29 is 19.5 Å². The molecule has 0 aromatic heterocycles. The second-order valence-electron chi connectivity index (χ2n) is 5.76. The predicted molar refractivity (Wildman–Crippen MR) is 104 cm³/mol. The number of nitrogens with one attached hydrogen (secondary N) is 1. The topological polar surface area (TPSA) is 83.5 Å². The van der Waals surface area contributed by atoms with E-state index in [1.54, 1.807) is 0 Å². The summed E-state index contributed by atoms with van der Waals surface area (Å²) in [6, 6.07) is 0. The fraction of sp³-hybridized carbons (Fsp3) is 0.667. The summed E-state index contributed by atoms with van der Waals surface area (Å²) < 4.78 is 0. The lowest BCUT2D eigenvalue weighted by Gasteiger charge is -2.27. The van der Waals surface area contributed by atoms with Gasteiger partial charge in [-0.1, -0.05) is 27.3 Å². The molecule has 0 aromatic carbocycles. The fourth-order valence-electron chi connectivity index (χ4n) is 2.51. The van der Waals surface area contributed by atoms with E-state index in [2.05, 4.69) is 11.9 Å². The first-order chi connectivity index (χ1) is 10.8. The van der Waals surface area contributed by atoms with Gasteiger partial charge in [0.15, 0.2) is 5.12 Å². The Bertz CT molecular complexity index is 464. The number of carbonyl (C=O) groups excluding carboxylic acids is 2. The van der Waals surface area contributed by atoms with Crippen LogP contribution in [0.25, 0.3) is 0 Å². The summed E-state index contributed by atoms with van der Waals surface area (Å²) >= 11 is 3.13. The van der Waals surface area contributed by atoms with Crippen LogP contribution in [0.3, 0.4) is 0 Å². The Morgan fingerprint density at radius 1 is 1.30 bits per heavy atom. The molecule has 1 aliphatic carbocycles. The van der Waals surface area contributed by atoms with Crippen LogP contribution in [-0.2, 0) is 14.4 Å². The van der Waals surface area contributed by atoms with E-state index in [4.69, 9.17) is 5.11 Å². The molecule has 1 atom stereocenters. The van der Waals surface area contributed by atoms with Gasteiger partial charge in [0.25, 0.3) is 0 Å². The Labute approximate surface area is 157 Å². The summed E-state index contributed by atoms with van der Waals surface area (Å²) in [5, 5.41) is 11.3. The van der Waals surface area contributed by atoms with Crippen molar-refractivity contribution in [2.45, 2.75) is 44.3 Å². The lowest BCUT2D eigenvalue weighted by atomic mass is 9.82. The highest BCUT2D eigenvalue weighted by atomic mass is 127. The molecule has 0 radical (unpaired) electrons. The number of hydrogen-bond acceptors (Lipinski definition) is 5. The number of halogens is 1. The summed E-state index contributed by atoms with van der Waals surface area (Å²) in [4.78, 5) is 35.5. The predicted octanol–water partition coefficient (Wildman–Crippen LogP) is 3.63. The molecule has 0 saturated heterocycles. The fourth-order valence-corrected chi connectivity index (χ4v) is 4.74. The van der Waals surface area contributed by atoms with Gasteiger partial charge in [-0.05, 0) is 64.6 Å². The minimum absolute atomic E-state index is 0.00791. The van der Waals surface area contributed by atoms with Gasteiger partial charge < -0.3 is 10.4 Å². The number of allylic oxidation sites excluding steroid dienone is 1. The lowest BCUT2D eigenvalue weighted by Crippen LogP contribution is -2.34. The van der Waals surface area contributed by atoms with E-state index in [0.717, 1.165) is 39.5 Å². The Balaban J connectivity index is 2.28. The molecule has 130 valence electrons. The molecule has 1 saturated carbocycles. The smallest absolute Gasteiger partial charge is 0.317 e. The third-order valence-electron chi connectivity index (χ3n) is 3.80. The highest BCUT2D eigenvalue weighted by Gasteiger charge is 2.27. The van der Waals surface area contributed by atoms with Crippen molar-refractivity contribution in [2.24, 2.45) is 11.8 Å². The zero-order valence-electron chi connectivity index (χ0n) is 13.0. The number of carboxylic acids is 1. The van der Waals surface area contributed by atoms with Crippen molar-refractivity contribution in [2.75, 3.05) is 6.54 Å². The van der Waals surface area contributed by atoms with Crippen LogP contribution in [-0.4, -0.2) is 33.9 Å². The molecule has 8 heteroatoms. The van der Waals surface area contributed by atoms with E-state index < -0.39 is 11.2 Å². The molecule has 1 rings (SSSR count). The maximum absolute atomic E-state index is 12.0. The lowest BCUT2D eigenvalue weighted by molar-refractivity contribution is -0.138. The summed E-state index contributed by atoms with van der Waals surface area (Å²) in [6.45, 7) is 6.14. The largest absolute Gasteiger partial charge is 0.480 e. The van der Waals surface area contributed by atoms with Crippen LogP contribution in [0.2, 0.25) is 0 Å². The van der Waals surface area contributed by atoms with Crippen LogP contribution in [0.4, 0.5) is 0 Å². The van der Waals surface area contributed by atoms with E-state index >= 15 is 0 Å². The minimum atomic E-state index is -0.964. The van der Waals surface area contributed by atoms with Gasteiger partial charge in [0.1, 0.15) is 5.25 Å². The molecular weight excluding hydrogens is 449 g/mol. The Morgan fingerprint density at radius 2 is 1.91 bits per heavy atom. The molecule has 0 heterocycles. The van der Waals surface area contributed by atoms with Crippen LogP contribution < -0.4 is 5.32 Å². The maximum atomic E-state index is 12.0. The number of carbonyl (C=O) groups is 3. The highest BCUT2D eigenvalue weighted by molar-refractivity contribution is 14.2. The van der Waals surface area contributed by atoms with Crippen molar-refractivity contribution >= 4 is 58.9 Å². The third-order valence-corrected chi connectivity index (χ3v) is 7.10. The van der Waals surface area contributed by atoms with Gasteiger partial charge in [0.05, 0.1) is 0 Å². The third kappa shape index (κ3) is 7.93. The summed E-state index contributed by atoms with van der Waals surface area (Å²) in [7, 11) is 1.14. The molecular formula is C15H22INO4S2. The first-order valence-electron chi connectivity index (χ1n) is 7.47. The van der Waals surface area contributed by atoms with Crippen molar-refractivity contribution in [3.63, 3.8) is 0 Å².